The van der Waals surface area contributed by atoms with Gasteiger partial charge >= 0.3 is 0 Å². The molecule has 24 heavy (non-hydrogen) atoms. The largest absolute Gasteiger partial charge is 0.481 e. The van der Waals surface area contributed by atoms with Gasteiger partial charge in [-0.1, -0.05) is 48.5 Å². The zero-order valence-electron chi connectivity index (χ0n) is 13.4. The summed E-state index contributed by atoms with van der Waals surface area (Å²) in [5.41, 5.74) is 3.54. The summed E-state index contributed by atoms with van der Waals surface area (Å²) < 4.78 is 5.10. The number of aromatic nitrogens is 1. The summed E-state index contributed by atoms with van der Waals surface area (Å²) in [4.78, 5) is 16.7. The summed E-state index contributed by atoms with van der Waals surface area (Å²) in [6, 6.07) is 21.2. The molecular formula is C20H18N2O2. The number of carbonyl (C=O) groups excluding carboxylic acids is 1. The van der Waals surface area contributed by atoms with E-state index in [9.17, 15) is 4.79 Å². The van der Waals surface area contributed by atoms with Gasteiger partial charge in [0.25, 0.3) is 5.91 Å². The van der Waals surface area contributed by atoms with Gasteiger partial charge in [-0.25, -0.2) is 4.98 Å². The fourth-order valence-electron chi connectivity index (χ4n) is 2.50. The Morgan fingerprint density at radius 2 is 1.79 bits per heavy atom. The van der Waals surface area contributed by atoms with Gasteiger partial charge in [-0.15, -0.1) is 0 Å². The Morgan fingerprint density at radius 1 is 1.04 bits per heavy atom. The third kappa shape index (κ3) is 3.60. The molecule has 0 aliphatic rings. The van der Waals surface area contributed by atoms with E-state index in [1.807, 2.05) is 66.7 Å². The van der Waals surface area contributed by atoms with Crippen molar-refractivity contribution < 1.29 is 9.53 Å². The van der Waals surface area contributed by atoms with Gasteiger partial charge in [0.2, 0.25) is 5.88 Å². The highest BCUT2D eigenvalue weighted by Gasteiger charge is 2.12. The Morgan fingerprint density at radius 3 is 2.58 bits per heavy atom. The smallest absolute Gasteiger partial charge is 0.252 e. The molecule has 0 bridgehead atoms. The second-order valence-corrected chi connectivity index (χ2v) is 5.30. The van der Waals surface area contributed by atoms with Gasteiger partial charge in [0.05, 0.1) is 7.11 Å². The lowest BCUT2D eigenvalue weighted by Gasteiger charge is -2.11. The number of hydrogen-bond acceptors (Lipinski definition) is 3. The highest BCUT2D eigenvalue weighted by Crippen LogP contribution is 2.23. The highest BCUT2D eigenvalue weighted by atomic mass is 16.5. The number of nitrogens with zero attached hydrogens (tertiary/aromatic N) is 1. The molecule has 3 rings (SSSR count). The van der Waals surface area contributed by atoms with Gasteiger partial charge in [-0.2, -0.15) is 0 Å². The predicted octanol–water partition coefficient (Wildman–Crippen LogP) is 3.69. The lowest BCUT2D eigenvalue weighted by molar-refractivity contribution is 0.0951. The molecule has 1 aromatic heterocycles. The second kappa shape index (κ2) is 7.42. The molecule has 0 unspecified atom stereocenters. The molecule has 4 heteroatoms. The number of nitrogens with one attached hydrogen (secondary N) is 1. The van der Waals surface area contributed by atoms with Gasteiger partial charge < -0.3 is 10.1 Å². The number of hydrogen-bond donors (Lipinski definition) is 1. The SMILES string of the molecule is COc1cc(CNC(=O)c2ccccc2-c2ccccc2)ccn1. The number of amides is 1. The first-order chi connectivity index (χ1) is 11.8. The number of pyridine rings is 1. The van der Waals surface area contributed by atoms with Crippen molar-refractivity contribution in [3.05, 3.63) is 84.1 Å². The zero-order valence-corrected chi connectivity index (χ0v) is 13.4. The van der Waals surface area contributed by atoms with Crippen LogP contribution in [0.5, 0.6) is 5.88 Å². The van der Waals surface area contributed by atoms with Crippen LogP contribution in [0.15, 0.2) is 72.9 Å². The van der Waals surface area contributed by atoms with Crippen LogP contribution in [0.3, 0.4) is 0 Å². The second-order valence-electron chi connectivity index (χ2n) is 5.30. The van der Waals surface area contributed by atoms with Crippen LogP contribution >= 0.6 is 0 Å². The highest BCUT2D eigenvalue weighted by molar-refractivity contribution is 6.00. The third-order valence-electron chi connectivity index (χ3n) is 3.72. The van der Waals surface area contributed by atoms with E-state index in [2.05, 4.69) is 10.3 Å². The summed E-state index contributed by atoms with van der Waals surface area (Å²) >= 11 is 0. The van der Waals surface area contributed by atoms with Crippen molar-refractivity contribution in [3.8, 4) is 17.0 Å². The van der Waals surface area contributed by atoms with Gasteiger partial charge in [0, 0.05) is 24.4 Å². The standard InChI is InChI=1S/C20H18N2O2/c1-24-19-13-15(11-12-21-19)14-22-20(23)18-10-6-5-9-17(18)16-7-3-2-4-8-16/h2-13H,14H2,1H3,(H,22,23). The molecule has 1 heterocycles. The average Bonchev–Trinajstić information content (AvgIpc) is 2.67. The Bertz CT molecular complexity index is 832. The van der Waals surface area contributed by atoms with E-state index < -0.39 is 0 Å². The summed E-state index contributed by atoms with van der Waals surface area (Å²) in [5.74, 6) is 0.427. The first kappa shape index (κ1) is 15.7. The maximum atomic E-state index is 12.6. The number of benzene rings is 2. The molecule has 0 fully saturated rings. The predicted molar refractivity (Wildman–Crippen MR) is 93.8 cm³/mol. The van der Waals surface area contributed by atoms with Crippen LogP contribution in [0.1, 0.15) is 15.9 Å². The van der Waals surface area contributed by atoms with Gasteiger partial charge in [-0.05, 0) is 28.8 Å². The summed E-state index contributed by atoms with van der Waals surface area (Å²) in [5, 5.41) is 2.95. The molecule has 0 saturated heterocycles. The van der Waals surface area contributed by atoms with Gasteiger partial charge in [-0.3, -0.25) is 4.79 Å². The lowest BCUT2D eigenvalue weighted by atomic mass is 9.99. The molecule has 1 amide bonds. The van der Waals surface area contributed by atoms with Crippen LogP contribution in [0.4, 0.5) is 0 Å². The Balaban J connectivity index is 1.78. The molecule has 0 atom stereocenters. The maximum absolute atomic E-state index is 12.6. The Hall–Kier alpha value is -3.14. The van der Waals surface area contributed by atoms with Crippen molar-refractivity contribution in [2.24, 2.45) is 0 Å². The minimum absolute atomic E-state index is 0.106. The van der Waals surface area contributed by atoms with Crippen molar-refractivity contribution >= 4 is 5.91 Å². The van der Waals surface area contributed by atoms with E-state index >= 15 is 0 Å². The zero-order chi connectivity index (χ0) is 16.8. The van der Waals surface area contributed by atoms with E-state index in [1.54, 1.807) is 13.3 Å². The topological polar surface area (TPSA) is 51.2 Å². The van der Waals surface area contributed by atoms with Crippen molar-refractivity contribution in [2.45, 2.75) is 6.54 Å². The molecule has 120 valence electrons. The lowest BCUT2D eigenvalue weighted by Crippen LogP contribution is -2.23. The fourth-order valence-corrected chi connectivity index (χ4v) is 2.50. The Kier molecular flexibility index (Phi) is 4.87. The van der Waals surface area contributed by atoms with E-state index in [1.165, 1.54) is 0 Å². The van der Waals surface area contributed by atoms with Crippen molar-refractivity contribution in [2.75, 3.05) is 7.11 Å². The molecule has 2 aromatic carbocycles. The van der Waals surface area contributed by atoms with Crippen molar-refractivity contribution in [3.63, 3.8) is 0 Å². The van der Waals surface area contributed by atoms with Crippen LogP contribution in [-0.4, -0.2) is 18.0 Å². The molecule has 0 saturated carbocycles. The van der Waals surface area contributed by atoms with Crippen LogP contribution in [0, 0.1) is 0 Å². The summed E-state index contributed by atoms with van der Waals surface area (Å²) in [7, 11) is 1.57. The minimum atomic E-state index is -0.106. The number of rotatable bonds is 5. The monoisotopic (exact) mass is 318 g/mol. The number of ether oxygens (including phenoxy) is 1. The molecular weight excluding hydrogens is 300 g/mol. The van der Waals surface area contributed by atoms with Crippen LogP contribution in [0.2, 0.25) is 0 Å². The van der Waals surface area contributed by atoms with Crippen molar-refractivity contribution in [1.82, 2.24) is 10.3 Å². The van der Waals surface area contributed by atoms with E-state index in [4.69, 9.17) is 4.74 Å². The van der Waals surface area contributed by atoms with Gasteiger partial charge in [0.15, 0.2) is 0 Å². The van der Waals surface area contributed by atoms with Gasteiger partial charge in [0.1, 0.15) is 0 Å². The first-order valence-corrected chi connectivity index (χ1v) is 7.69. The molecule has 0 radical (unpaired) electrons. The van der Waals surface area contributed by atoms with E-state index in [0.717, 1.165) is 16.7 Å². The fraction of sp³-hybridized carbons (Fsp3) is 0.100. The maximum Gasteiger partial charge on any atom is 0.252 e. The molecule has 3 aromatic rings. The summed E-state index contributed by atoms with van der Waals surface area (Å²) in [6.07, 6.45) is 1.66. The number of methoxy groups -OCH3 is 1. The van der Waals surface area contributed by atoms with Crippen LogP contribution in [0.25, 0.3) is 11.1 Å². The Labute approximate surface area is 141 Å². The van der Waals surface area contributed by atoms with Crippen molar-refractivity contribution in [1.29, 1.82) is 0 Å². The van der Waals surface area contributed by atoms with Crippen LogP contribution < -0.4 is 10.1 Å². The number of carbonyl (C=O) groups is 1. The minimum Gasteiger partial charge on any atom is -0.481 e. The quantitative estimate of drug-likeness (QED) is 0.780. The summed E-state index contributed by atoms with van der Waals surface area (Å²) in [6.45, 7) is 0.417. The first-order valence-electron chi connectivity index (χ1n) is 7.69. The van der Waals surface area contributed by atoms with Crippen LogP contribution in [-0.2, 0) is 6.54 Å². The molecule has 0 aliphatic carbocycles. The molecule has 4 nitrogen and oxygen atoms in total. The third-order valence-corrected chi connectivity index (χ3v) is 3.72. The van der Waals surface area contributed by atoms with E-state index in [0.29, 0.717) is 18.0 Å². The van der Waals surface area contributed by atoms with E-state index in [-0.39, 0.29) is 5.91 Å². The normalized spacial score (nSPS) is 10.2. The molecule has 0 spiro atoms. The average molecular weight is 318 g/mol. The molecule has 0 aliphatic heterocycles. The molecule has 1 N–H and O–H groups in total.